The molecule has 0 bridgehead atoms. The molecule has 0 unspecified atom stereocenters. The normalized spacial score (nSPS) is 13.3. The van der Waals surface area contributed by atoms with Gasteiger partial charge in [0.25, 0.3) is 5.91 Å². The number of nitrogens with zero attached hydrogens (tertiary/aromatic N) is 1. The van der Waals surface area contributed by atoms with Crippen molar-refractivity contribution in [1.29, 1.82) is 0 Å². The standard InChI is InChI=1S/C14H15BN2O4/c1-2-13-17-11(8-20-13)6-16-14(18)9-3-4-10-7-21-15(19)12(10)5-9/h3-5,8,19H,2,6-7H2,1H3,(H,16,18). The van der Waals surface area contributed by atoms with Crippen molar-refractivity contribution < 1.29 is 18.9 Å². The van der Waals surface area contributed by atoms with Gasteiger partial charge in [0, 0.05) is 12.0 Å². The maximum atomic E-state index is 12.1. The smallest absolute Gasteiger partial charge is 0.449 e. The molecule has 2 heterocycles. The highest BCUT2D eigenvalue weighted by Crippen LogP contribution is 2.11. The number of aryl methyl sites for hydroxylation is 1. The van der Waals surface area contributed by atoms with Gasteiger partial charge in [-0.15, -0.1) is 0 Å². The third-order valence-electron chi connectivity index (χ3n) is 3.40. The highest BCUT2D eigenvalue weighted by Gasteiger charge is 2.27. The van der Waals surface area contributed by atoms with Gasteiger partial charge in [-0.1, -0.05) is 13.0 Å². The summed E-state index contributed by atoms with van der Waals surface area (Å²) in [5.41, 5.74) is 2.72. The van der Waals surface area contributed by atoms with Gasteiger partial charge in [0.1, 0.15) is 6.26 Å². The van der Waals surface area contributed by atoms with Crippen LogP contribution in [0.25, 0.3) is 0 Å². The van der Waals surface area contributed by atoms with Crippen LogP contribution < -0.4 is 10.8 Å². The van der Waals surface area contributed by atoms with Gasteiger partial charge < -0.3 is 19.4 Å². The van der Waals surface area contributed by atoms with Crippen molar-refractivity contribution in [2.24, 2.45) is 0 Å². The highest BCUT2D eigenvalue weighted by molar-refractivity contribution is 6.61. The van der Waals surface area contributed by atoms with Gasteiger partial charge in [0.15, 0.2) is 5.89 Å². The quantitative estimate of drug-likeness (QED) is 0.794. The molecule has 108 valence electrons. The van der Waals surface area contributed by atoms with Crippen molar-refractivity contribution in [2.45, 2.75) is 26.5 Å². The monoisotopic (exact) mass is 286 g/mol. The van der Waals surface area contributed by atoms with Gasteiger partial charge in [0.05, 0.1) is 18.8 Å². The molecule has 1 aromatic heterocycles. The van der Waals surface area contributed by atoms with E-state index >= 15 is 0 Å². The number of carbonyl (C=O) groups excluding carboxylic acids is 1. The molecule has 0 spiro atoms. The average Bonchev–Trinajstić information content (AvgIpc) is 3.11. The lowest BCUT2D eigenvalue weighted by Crippen LogP contribution is -2.30. The van der Waals surface area contributed by atoms with E-state index in [4.69, 9.17) is 9.07 Å². The molecule has 6 nitrogen and oxygen atoms in total. The lowest BCUT2D eigenvalue weighted by Gasteiger charge is -2.05. The molecule has 21 heavy (non-hydrogen) atoms. The van der Waals surface area contributed by atoms with Crippen LogP contribution in [0.2, 0.25) is 0 Å². The van der Waals surface area contributed by atoms with Crippen molar-refractivity contribution in [1.82, 2.24) is 10.3 Å². The second kappa shape index (κ2) is 5.71. The van der Waals surface area contributed by atoms with Crippen molar-refractivity contribution in [3.8, 4) is 0 Å². The molecule has 0 saturated heterocycles. The number of benzene rings is 1. The number of hydrogen-bond donors (Lipinski definition) is 2. The van der Waals surface area contributed by atoms with Crippen molar-refractivity contribution >= 4 is 18.5 Å². The second-order valence-corrected chi connectivity index (χ2v) is 4.85. The first-order chi connectivity index (χ1) is 10.2. The Labute approximate surface area is 122 Å². The van der Waals surface area contributed by atoms with E-state index in [-0.39, 0.29) is 5.91 Å². The van der Waals surface area contributed by atoms with Crippen LogP contribution in [-0.2, 0) is 24.2 Å². The number of amides is 1. The Morgan fingerprint density at radius 1 is 1.52 bits per heavy atom. The zero-order valence-corrected chi connectivity index (χ0v) is 11.6. The highest BCUT2D eigenvalue weighted by atomic mass is 16.5. The summed E-state index contributed by atoms with van der Waals surface area (Å²) >= 11 is 0. The minimum absolute atomic E-state index is 0.224. The summed E-state index contributed by atoms with van der Waals surface area (Å²) in [5, 5.41) is 12.4. The SMILES string of the molecule is CCc1nc(CNC(=O)c2ccc3c(c2)B(O)OC3)co1. The summed E-state index contributed by atoms with van der Waals surface area (Å²) in [6.07, 6.45) is 2.26. The average molecular weight is 286 g/mol. The summed E-state index contributed by atoms with van der Waals surface area (Å²) in [6, 6.07) is 5.17. The Kier molecular flexibility index (Phi) is 3.77. The number of aromatic nitrogens is 1. The largest absolute Gasteiger partial charge is 0.491 e. The summed E-state index contributed by atoms with van der Waals surface area (Å²) < 4.78 is 10.3. The van der Waals surface area contributed by atoms with E-state index in [0.717, 1.165) is 12.0 Å². The molecule has 0 fully saturated rings. The summed E-state index contributed by atoms with van der Waals surface area (Å²) in [6.45, 7) is 2.63. The maximum absolute atomic E-state index is 12.1. The Morgan fingerprint density at radius 2 is 2.38 bits per heavy atom. The Bertz CT molecular complexity index is 671. The first-order valence-corrected chi connectivity index (χ1v) is 6.81. The van der Waals surface area contributed by atoms with E-state index in [2.05, 4.69) is 10.3 Å². The van der Waals surface area contributed by atoms with E-state index in [1.165, 1.54) is 0 Å². The van der Waals surface area contributed by atoms with Crippen LogP contribution in [0.3, 0.4) is 0 Å². The van der Waals surface area contributed by atoms with Crippen LogP contribution in [0.5, 0.6) is 0 Å². The molecule has 0 radical (unpaired) electrons. The molecular formula is C14H15BN2O4. The Balaban J connectivity index is 1.67. The van der Waals surface area contributed by atoms with Gasteiger partial charge >= 0.3 is 7.12 Å². The van der Waals surface area contributed by atoms with Crippen molar-refractivity contribution in [3.05, 3.63) is 47.2 Å². The molecule has 2 N–H and O–H groups in total. The fraction of sp³-hybridized carbons (Fsp3) is 0.286. The molecule has 3 rings (SSSR count). The summed E-state index contributed by atoms with van der Waals surface area (Å²) in [7, 11) is -0.949. The second-order valence-electron chi connectivity index (χ2n) is 4.85. The predicted octanol–water partition coefficient (Wildman–Crippen LogP) is 0.385. The van der Waals surface area contributed by atoms with Crippen molar-refractivity contribution in [3.63, 3.8) is 0 Å². The fourth-order valence-electron chi connectivity index (χ4n) is 2.22. The van der Waals surface area contributed by atoms with Crippen LogP contribution in [0.15, 0.2) is 28.9 Å². The fourth-order valence-corrected chi connectivity index (χ4v) is 2.22. The minimum atomic E-state index is -0.949. The van der Waals surface area contributed by atoms with Gasteiger partial charge in [-0.25, -0.2) is 4.98 Å². The van der Waals surface area contributed by atoms with E-state index in [1.807, 2.05) is 6.92 Å². The van der Waals surface area contributed by atoms with E-state index < -0.39 is 7.12 Å². The third-order valence-corrected chi connectivity index (χ3v) is 3.40. The van der Waals surface area contributed by atoms with Gasteiger partial charge in [-0.05, 0) is 23.2 Å². The topological polar surface area (TPSA) is 84.6 Å². The molecule has 1 amide bonds. The first kappa shape index (κ1) is 13.8. The maximum Gasteiger partial charge on any atom is 0.491 e. The number of carbonyl (C=O) groups is 1. The zero-order chi connectivity index (χ0) is 14.8. The molecule has 0 saturated carbocycles. The lowest BCUT2D eigenvalue weighted by atomic mass is 9.79. The van der Waals surface area contributed by atoms with Gasteiger partial charge in [-0.2, -0.15) is 0 Å². The minimum Gasteiger partial charge on any atom is -0.449 e. The lowest BCUT2D eigenvalue weighted by molar-refractivity contribution is 0.0950. The molecule has 1 aromatic carbocycles. The van der Waals surface area contributed by atoms with E-state index in [9.17, 15) is 9.82 Å². The van der Waals surface area contributed by atoms with Crippen LogP contribution >= 0.6 is 0 Å². The van der Waals surface area contributed by atoms with Gasteiger partial charge in [0.2, 0.25) is 0 Å². The summed E-state index contributed by atoms with van der Waals surface area (Å²) in [5.74, 6) is 0.426. The number of oxazole rings is 1. The predicted molar refractivity (Wildman–Crippen MR) is 75.9 cm³/mol. The molecule has 7 heteroatoms. The van der Waals surface area contributed by atoms with Crippen LogP contribution in [0.1, 0.15) is 34.4 Å². The molecule has 1 aliphatic heterocycles. The van der Waals surface area contributed by atoms with Crippen molar-refractivity contribution in [2.75, 3.05) is 0 Å². The first-order valence-electron chi connectivity index (χ1n) is 6.81. The number of fused-ring (bicyclic) bond motifs is 1. The van der Waals surface area contributed by atoms with E-state index in [1.54, 1.807) is 24.5 Å². The van der Waals surface area contributed by atoms with Crippen LogP contribution in [-0.4, -0.2) is 23.0 Å². The number of hydrogen-bond acceptors (Lipinski definition) is 5. The molecule has 0 aliphatic carbocycles. The summed E-state index contributed by atoms with van der Waals surface area (Å²) in [4.78, 5) is 16.3. The van der Waals surface area contributed by atoms with Crippen LogP contribution in [0.4, 0.5) is 0 Å². The zero-order valence-electron chi connectivity index (χ0n) is 11.6. The van der Waals surface area contributed by atoms with Gasteiger partial charge in [-0.3, -0.25) is 4.79 Å². The molecule has 0 atom stereocenters. The Morgan fingerprint density at radius 3 is 3.14 bits per heavy atom. The van der Waals surface area contributed by atoms with E-state index in [0.29, 0.717) is 35.8 Å². The Hall–Kier alpha value is -2.12. The molecule has 2 aromatic rings. The number of nitrogens with one attached hydrogen (secondary N) is 1. The molecular weight excluding hydrogens is 271 g/mol. The third kappa shape index (κ3) is 2.84. The number of rotatable bonds is 4. The molecule has 1 aliphatic rings. The van der Waals surface area contributed by atoms with Crippen LogP contribution in [0, 0.1) is 0 Å².